The van der Waals surface area contributed by atoms with Crippen molar-refractivity contribution in [3.05, 3.63) is 59.2 Å². The molecule has 0 aromatic heterocycles. The van der Waals surface area contributed by atoms with Gasteiger partial charge in [-0.05, 0) is 83.1 Å². The zero-order chi connectivity index (χ0) is 30.0. The number of aliphatic hydroxyl groups excluding tert-OH is 1. The van der Waals surface area contributed by atoms with Crippen LogP contribution in [-0.4, -0.2) is 49.7 Å². The van der Waals surface area contributed by atoms with Crippen LogP contribution in [-0.2, 0) is 19.1 Å². The lowest BCUT2D eigenvalue weighted by atomic mass is 9.69. The molecule has 7 heteroatoms. The molecular formula is C34H48O7. The van der Waals surface area contributed by atoms with E-state index in [9.17, 15) is 14.7 Å². The average Bonchev–Trinajstić information content (AvgIpc) is 2.95. The van der Waals surface area contributed by atoms with Gasteiger partial charge in [0.25, 0.3) is 0 Å². The van der Waals surface area contributed by atoms with E-state index in [4.69, 9.17) is 18.9 Å². The quantitative estimate of drug-likeness (QED) is 0.239. The number of hydrogen-bond donors (Lipinski definition) is 1. The van der Waals surface area contributed by atoms with Gasteiger partial charge in [-0.1, -0.05) is 37.3 Å². The monoisotopic (exact) mass is 568 g/mol. The van der Waals surface area contributed by atoms with E-state index in [0.29, 0.717) is 69.4 Å². The minimum Gasteiger partial charge on any atom is -0.493 e. The van der Waals surface area contributed by atoms with Gasteiger partial charge >= 0.3 is 0 Å². The highest BCUT2D eigenvalue weighted by Gasteiger charge is 2.41. The number of rotatable bonds is 16. The standard InChI is InChI=1S/C34H48O7/c1-7-39-31-20-28(21-32(40-8-2)33(31)24(4)35)23(3)29(14-17-41-25(5)27-12-10-9-11-13-27)30(37)22-34(26(6)36)15-18-38-19-16-34/h9-13,20-21,23-25,29,35H,7-8,14-19,22H2,1-6H3/t23-,24?,25+,29?/m1/s1. The van der Waals surface area contributed by atoms with Crippen LogP contribution in [0, 0.1) is 11.3 Å². The third-order valence-corrected chi connectivity index (χ3v) is 8.46. The van der Waals surface area contributed by atoms with Crippen LogP contribution in [0.2, 0.25) is 0 Å². The van der Waals surface area contributed by atoms with Crippen LogP contribution in [0.5, 0.6) is 11.5 Å². The normalized spacial score (nSPS) is 17.7. The predicted molar refractivity (Wildman–Crippen MR) is 160 cm³/mol. The Kier molecular flexibility index (Phi) is 12.4. The van der Waals surface area contributed by atoms with Gasteiger partial charge in [-0.25, -0.2) is 0 Å². The van der Waals surface area contributed by atoms with E-state index in [2.05, 4.69) is 0 Å². The molecule has 0 saturated carbocycles. The van der Waals surface area contributed by atoms with E-state index in [1.807, 2.05) is 70.2 Å². The van der Waals surface area contributed by atoms with Gasteiger partial charge in [0, 0.05) is 37.6 Å². The summed E-state index contributed by atoms with van der Waals surface area (Å²) in [6.45, 7) is 13.4. The van der Waals surface area contributed by atoms with E-state index in [-0.39, 0.29) is 30.0 Å². The molecule has 2 aromatic rings. The van der Waals surface area contributed by atoms with Crippen molar-refractivity contribution in [3.63, 3.8) is 0 Å². The van der Waals surface area contributed by atoms with E-state index < -0.39 is 17.4 Å². The molecule has 226 valence electrons. The third-order valence-electron chi connectivity index (χ3n) is 8.46. The average molecular weight is 569 g/mol. The van der Waals surface area contributed by atoms with E-state index in [0.717, 1.165) is 11.1 Å². The summed E-state index contributed by atoms with van der Waals surface area (Å²) in [4.78, 5) is 27.0. The highest BCUT2D eigenvalue weighted by atomic mass is 16.5. The molecule has 0 aliphatic carbocycles. The minimum atomic E-state index is -0.781. The Bertz CT molecular complexity index is 1090. The molecule has 1 saturated heterocycles. The first kappa shape index (κ1) is 32.8. The number of ketones is 2. The number of aliphatic hydroxyl groups is 1. The second-order valence-corrected chi connectivity index (χ2v) is 11.2. The molecule has 0 spiro atoms. The molecule has 1 aliphatic rings. The van der Waals surface area contributed by atoms with Crippen molar-refractivity contribution in [2.75, 3.05) is 33.0 Å². The molecule has 2 unspecified atom stereocenters. The third kappa shape index (κ3) is 8.40. The number of carbonyl (C=O) groups is 2. The Morgan fingerprint density at radius 1 is 0.951 bits per heavy atom. The second kappa shape index (κ2) is 15.5. The van der Waals surface area contributed by atoms with Crippen molar-refractivity contribution in [2.45, 2.75) is 85.4 Å². The molecule has 7 nitrogen and oxygen atoms in total. The maximum absolute atomic E-state index is 14.1. The number of hydrogen-bond acceptors (Lipinski definition) is 7. The summed E-state index contributed by atoms with van der Waals surface area (Å²) in [5, 5.41) is 10.5. The van der Waals surface area contributed by atoms with Gasteiger partial charge in [0.2, 0.25) is 0 Å². The van der Waals surface area contributed by atoms with Crippen LogP contribution in [0.1, 0.15) is 102 Å². The first-order valence-corrected chi connectivity index (χ1v) is 15.0. The molecule has 0 radical (unpaired) electrons. The maximum Gasteiger partial charge on any atom is 0.137 e. The molecule has 2 aromatic carbocycles. The van der Waals surface area contributed by atoms with Crippen molar-refractivity contribution < 1.29 is 33.6 Å². The van der Waals surface area contributed by atoms with Gasteiger partial charge in [-0.15, -0.1) is 0 Å². The SMILES string of the molecule is CCOc1cc([C@@H](C)C(CCO[C@@H](C)c2ccccc2)C(=O)CC2(C(C)=O)CCOCC2)cc(OCC)c1C(C)O. The lowest BCUT2D eigenvalue weighted by Gasteiger charge is -2.36. The molecule has 1 aliphatic heterocycles. The fraction of sp³-hybridized carbons (Fsp3) is 0.588. The summed E-state index contributed by atoms with van der Waals surface area (Å²) < 4.78 is 23.6. The number of Topliss-reactive ketones (excluding diaryl/α,β-unsaturated/α-hetero) is 2. The molecule has 41 heavy (non-hydrogen) atoms. The summed E-state index contributed by atoms with van der Waals surface area (Å²) in [5.74, 6) is 0.621. The first-order chi connectivity index (χ1) is 19.6. The largest absolute Gasteiger partial charge is 0.493 e. The number of ether oxygens (including phenoxy) is 4. The molecule has 1 heterocycles. The molecule has 0 amide bonds. The van der Waals surface area contributed by atoms with E-state index >= 15 is 0 Å². The van der Waals surface area contributed by atoms with E-state index in [1.165, 1.54) is 0 Å². The zero-order valence-corrected chi connectivity index (χ0v) is 25.6. The van der Waals surface area contributed by atoms with Crippen molar-refractivity contribution in [1.82, 2.24) is 0 Å². The molecule has 1 fully saturated rings. The minimum absolute atomic E-state index is 0.0491. The predicted octanol–water partition coefficient (Wildman–Crippen LogP) is 6.77. The molecule has 0 bridgehead atoms. The van der Waals surface area contributed by atoms with Gasteiger partial charge in [-0.3, -0.25) is 9.59 Å². The summed E-state index contributed by atoms with van der Waals surface area (Å²) >= 11 is 0. The summed E-state index contributed by atoms with van der Waals surface area (Å²) in [6, 6.07) is 13.9. The lowest BCUT2D eigenvalue weighted by molar-refractivity contribution is -0.140. The van der Waals surface area contributed by atoms with Gasteiger partial charge in [0.1, 0.15) is 23.1 Å². The van der Waals surface area contributed by atoms with Gasteiger partial charge in [0.05, 0.1) is 31.0 Å². The van der Waals surface area contributed by atoms with Gasteiger partial charge in [0.15, 0.2) is 0 Å². The zero-order valence-electron chi connectivity index (χ0n) is 25.6. The van der Waals surface area contributed by atoms with Crippen molar-refractivity contribution in [1.29, 1.82) is 0 Å². The van der Waals surface area contributed by atoms with Gasteiger partial charge < -0.3 is 24.1 Å². The van der Waals surface area contributed by atoms with Crippen LogP contribution in [0.3, 0.4) is 0 Å². The smallest absolute Gasteiger partial charge is 0.137 e. The second-order valence-electron chi connectivity index (χ2n) is 11.2. The van der Waals surface area contributed by atoms with Gasteiger partial charge in [-0.2, -0.15) is 0 Å². The van der Waals surface area contributed by atoms with Crippen LogP contribution in [0.4, 0.5) is 0 Å². The molecular weight excluding hydrogens is 520 g/mol. The van der Waals surface area contributed by atoms with Crippen molar-refractivity contribution >= 4 is 11.6 Å². The fourth-order valence-electron chi connectivity index (χ4n) is 5.84. The first-order valence-electron chi connectivity index (χ1n) is 15.0. The van der Waals surface area contributed by atoms with Crippen LogP contribution >= 0.6 is 0 Å². The maximum atomic E-state index is 14.1. The Labute approximate surface area is 245 Å². The summed E-state index contributed by atoms with van der Waals surface area (Å²) in [5.41, 5.74) is 1.89. The number of benzene rings is 2. The Hall–Kier alpha value is -2.74. The highest BCUT2D eigenvalue weighted by molar-refractivity contribution is 5.91. The van der Waals surface area contributed by atoms with Crippen LogP contribution in [0.25, 0.3) is 0 Å². The number of carbonyl (C=O) groups excluding carboxylic acids is 2. The van der Waals surface area contributed by atoms with Crippen molar-refractivity contribution in [3.8, 4) is 11.5 Å². The highest BCUT2D eigenvalue weighted by Crippen LogP contribution is 2.42. The summed E-state index contributed by atoms with van der Waals surface area (Å²) in [7, 11) is 0. The van der Waals surface area contributed by atoms with E-state index in [1.54, 1.807) is 13.8 Å². The Morgan fingerprint density at radius 3 is 2.05 bits per heavy atom. The Balaban J connectivity index is 1.94. The van der Waals surface area contributed by atoms with Crippen LogP contribution in [0.15, 0.2) is 42.5 Å². The summed E-state index contributed by atoms with van der Waals surface area (Å²) in [6.07, 6.45) is 0.925. The Morgan fingerprint density at radius 2 is 1.54 bits per heavy atom. The molecule has 3 rings (SSSR count). The fourth-order valence-corrected chi connectivity index (χ4v) is 5.84. The lowest BCUT2D eigenvalue weighted by Crippen LogP contribution is -2.40. The topological polar surface area (TPSA) is 91.3 Å². The molecule has 4 atom stereocenters. The van der Waals surface area contributed by atoms with Crippen LogP contribution < -0.4 is 9.47 Å². The molecule has 1 N–H and O–H groups in total. The van der Waals surface area contributed by atoms with Crippen molar-refractivity contribution in [2.24, 2.45) is 11.3 Å².